The van der Waals surface area contributed by atoms with E-state index in [1.165, 1.54) is 0 Å². The van der Waals surface area contributed by atoms with Gasteiger partial charge in [0.15, 0.2) is 0 Å². The van der Waals surface area contributed by atoms with Crippen LogP contribution < -0.4 is 10.4 Å². The third kappa shape index (κ3) is 1.99. The molecule has 3 N–H and O–H groups in total. The fraction of sp³-hybridized carbons (Fsp3) is 0.417. The van der Waals surface area contributed by atoms with Gasteiger partial charge in [0.2, 0.25) is 0 Å². The van der Waals surface area contributed by atoms with E-state index in [1.54, 1.807) is 5.01 Å². The second kappa shape index (κ2) is 4.35. The maximum atomic E-state index is 11.7. The van der Waals surface area contributed by atoms with Crippen molar-refractivity contribution in [1.29, 1.82) is 0 Å². The van der Waals surface area contributed by atoms with Gasteiger partial charge in [-0.15, -0.1) is 0 Å². The topological polar surface area (TPSA) is 72.8 Å². The minimum Gasteiger partial charge on any atom is -0.395 e. The minimum atomic E-state index is -1.11. The van der Waals surface area contributed by atoms with E-state index in [0.717, 1.165) is 11.3 Å². The van der Waals surface area contributed by atoms with Crippen molar-refractivity contribution < 1.29 is 15.0 Å². The van der Waals surface area contributed by atoms with Gasteiger partial charge in [-0.25, -0.2) is 0 Å². The Bertz CT molecular complexity index is 412. The van der Waals surface area contributed by atoms with Crippen LogP contribution in [-0.4, -0.2) is 35.9 Å². The number of amides is 1. The van der Waals surface area contributed by atoms with E-state index in [9.17, 15) is 15.0 Å². The molecule has 1 aromatic rings. The lowest BCUT2D eigenvalue weighted by molar-refractivity contribution is -0.131. The molecule has 1 saturated heterocycles. The first-order chi connectivity index (χ1) is 8.11. The van der Waals surface area contributed by atoms with E-state index in [0.29, 0.717) is 0 Å². The highest BCUT2D eigenvalue weighted by atomic mass is 16.3. The lowest BCUT2D eigenvalue weighted by atomic mass is 9.90. The molecule has 1 amide bonds. The van der Waals surface area contributed by atoms with Crippen LogP contribution in [0, 0.1) is 12.3 Å². The number of carbonyl (C=O) groups is 1. The van der Waals surface area contributed by atoms with Gasteiger partial charge < -0.3 is 10.2 Å². The molecule has 1 aromatic carbocycles. The second-order valence-electron chi connectivity index (χ2n) is 4.46. The molecule has 1 fully saturated rings. The number of nitrogens with zero attached hydrogens (tertiary/aromatic N) is 1. The summed E-state index contributed by atoms with van der Waals surface area (Å²) in [5, 5.41) is 20.1. The Kier molecular flexibility index (Phi) is 3.04. The van der Waals surface area contributed by atoms with Gasteiger partial charge in [-0.1, -0.05) is 17.7 Å². The van der Waals surface area contributed by atoms with Crippen LogP contribution in [0.4, 0.5) is 5.69 Å². The number of aliphatic hydroxyl groups is 2. The first kappa shape index (κ1) is 11.9. The van der Waals surface area contributed by atoms with Crippen molar-refractivity contribution in [3.05, 3.63) is 29.8 Å². The average Bonchev–Trinajstić information content (AvgIpc) is 2.68. The SMILES string of the molecule is Cc1ccc(N2CC(CO)(CO)C(=O)N2)cc1. The standard InChI is InChI=1S/C12H16N2O3/c1-9-2-4-10(5-3-9)14-6-12(7-15,8-16)11(17)13-14/h2-5,15-16H,6-8H2,1H3,(H,13,17). The number of aliphatic hydroxyl groups excluding tert-OH is 2. The van der Waals surface area contributed by atoms with E-state index < -0.39 is 5.41 Å². The van der Waals surface area contributed by atoms with Gasteiger partial charge in [0.1, 0.15) is 5.41 Å². The summed E-state index contributed by atoms with van der Waals surface area (Å²) in [6.07, 6.45) is 0. The molecule has 0 aromatic heterocycles. The maximum Gasteiger partial charge on any atom is 0.251 e. The molecule has 0 atom stereocenters. The van der Waals surface area contributed by atoms with Crippen LogP contribution >= 0.6 is 0 Å². The quantitative estimate of drug-likeness (QED) is 0.680. The molecule has 1 heterocycles. The number of carbonyl (C=O) groups excluding carboxylic acids is 1. The molecule has 2 rings (SSSR count). The molecule has 5 nitrogen and oxygen atoms in total. The molecule has 92 valence electrons. The fourth-order valence-corrected chi connectivity index (χ4v) is 1.83. The van der Waals surface area contributed by atoms with Crippen molar-refractivity contribution in [3.63, 3.8) is 0 Å². The summed E-state index contributed by atoms with van der Waals surface area (Å²) >= 11 is 0. The molecular weight excluding hydrogens is 220 g/mol. The minimum absolute atomic E-state index is 0.266. The van der Waals surface area contributed by atoms with Gasteiger partial charge in [-0.3, -0.25) is 15.2 Å². The first-order valence-corrected chi connectivity index (χ1v) is 5.48. The normalized spacial score (nSPS) is 18.3. The Morgan fingerprint density at radius 3 is 2.35 bits per heavy atom. The maximum absolute atomic E-state index is 11.7. The number of hydrazine groups is 1. The number of benzene rings is 1. The molecule has 0 bridgehead atoms. The molecular formula is C12H16N2O3. The monoisotopic (exact) mass is 236 g/mol. The van der Waals surface area contributed by atoms with Crippen LogP contribution in [0.3, 0.4) is 0 Å². The van der Waals surface area contributed by atoms with Crippen LogP contribution in [0.5, 0.6) is 0 Å². The van der Waals surface area contributed by atoms with Crippen molar-refractivity contribution in [2.75, 3.05) is 24.8 Å². The summed E-state index contributed by atoms with van der Waals surface area (Å²) in [7, 11) is 0. The van der Waals surface area contributed by atoms with Crippen molar-refractivity contribution in [2.45, 2.75) is 6.92 Å². The fourth-order valence-electron chi connectivity index (χ4n) is 1.83. The first-order valence-electron chi connectivity index (χ1n) is 5.48. The molecule has 1 aliphatic rings. The van der Waals surface area contributed by atoms with Gasteiger partial charge in [0.05, 0.1) is 25.4 Å². The zero-order chi connectivity index (χ0) is 12.5. The lowest BCUT2D eigenvalue weighted by Crippen LogP contribution is -2.39. The molecule has 17 heavy (non-hydrogen) atoms. The van der Waals surface area contributed by atoms with Gasteiger partial charge in [-0.2, -0.15) is 0 Å². The summed E-state index contributed by atoms with van der Waals surface area (Å²) in [4.78, 5) is 11.7. The molecule has 5 heteroatoms. The predicted octanol–water partition coefficient (Wildman–Crippen LogP) is -0.183. The van der Waals surface area contributed by atoms with E-state index >= 15 is 0 Å². The van der Waals surface area contributed by atoms with Crippen molar-refractivity contribution in [3.8, 4) is 0 Å². The zero-order valence-corrected chi connectivity index (χ0v) is 9.68. The molecule has 0 saturated carbocycles. The Hall–Kier alpha value is -1.59. The predicted molar refractivity (Wildman–Crippen MR) is 63.3 cm³/mol. The highest BCUT2D eigenvalue weighted by Gasteiger charge is 2.45. The molecule has 0 aliphatic carbocycles. The lowest BCUT2D eigenvalue weighted by Gasteiger charge is -2.21. The second-order valence-corrected chi connectivity index (χ2v) is 4.46. The van der Waals surface area contributed by atoms with Crippen LogP contribution in [-0.2, 0) is 4.79 Å². The summed E-state index contributed by atoms with van der Waals surface area (Å²) in [5.41, 5.74) is 3.53. The van der Waals surface area contributed by atoms with E-state index in [1.807, 2.05) is 31.2 Å². The Morgan fingerprint density at radius 1 is 1.29 bits per heavy atom. The Labute approximate surface area is 99.6 Å². The summed E-state index contributed by atoms with van der Waals surface area (Å²) in [6, 6.07) is 7.67. The van der Waals surface area contributed by atoms with E-state index in [2.05, 4.69) is 5.43 Å². The van der Waals surface area contributed by atoms with Gasteiger partial charge in [-0.05, 0) is 19.1 Å². The Balaban J connectivity index is 2.21. The van der Waals surface area contributed by atoms with Crippen LogP contribution in [0.1, 0.15) is 5.56 Å². The number of nitrogens with one attached hydrogen (secondary N) is 1. The average molecular weight is 236 g/mol. The molecule has 0 spiro atoms. The van der Waals surface area contributed by atoms with Crippen LogP contribution in [0.2, 0.25) is 0 Å². The zero-order valence-electron chi connectivity index (χ0n) is 9.68. The summed E-state index contributed by atoms with van der Waals surface area (Å²) < 4.78 is 0. The summed E-state index contributed by atoms with van der Waals surface area (Å²) in [5.74, 6) is -0.344. The van der Waals surface area contributed by atoms with Gasteiger partial charge in [0, 0.05) is 0 Å². The van der Waals surface area contributed by atoms with Gasteiger partial charge in [0.25, 0.3) is 5.91 Å². The third-order valence-electron chi connectivity index (χ3n) is 3.13. The van der Waals surface area contributed by atoms with Gasteiger partial charge >= 0.3 is 0 Å². The Morgan fingerprint density at radius 2 is 1.88 bits per heavy atom. The third-order valence-corrected chi connectivity index (χ3v) is 3.13. The van der Waals surface area contributed by atoms with E-state index in [-0.39, 0.29) is 25.7 Å². The van der Waals surface area contributed by atoms with Crippen LogP contribution in [0.25, 0.3) is 0 Å². The van der Waals surface area contributed by atoms with E-state index in [4.69, 9.17) is 0 Å². The van der Waals surface area contributed by atoms with Crippen molar-refractivity contribution in [1.82, 2.24) is 5.43 Å². The molecule has 0 radical (unpaired) electrons. The highest BCUT2D eigenvalue weighted by molar-refractivity contribution is 5.88. The largest absolute Gasteiger partial charge is 0.395 e. The number of aryl methyl sites for hydroxylation is 1. The van der Waals surface area contributed by atoms with Crippen LogP contribution in [0.15, 0.2) is 24.3 Å². The highest BCUT2D eigenvalue weighted by Crippen LogP contribution is 2.27. The smallest absolute Gasteiger partial charge is 0.251 e. The number of anilines is 1. The molecule has 1 aliphatic heterocycles. The number of hydrogen-bond donors (Lipinski definition) is 3. The molecule has 0 unspecified atom stereocenters. The number of hydrogen-bond acceptors (Lipinski definition) is 4. The van der Waals surface area contributed by atoms with Crippen molar-refractivity contribution >= 4 is 11.6 Å². The van der Waals surface area contributed by atoms with Crippen molar-refractivity contribution in [2.24, 2.45) is 5.41 Å². The summed E-state index contributed by atoms with van der Waals surface area (Å²) in [6.45, 7) is 1.52. The number of rotatable bonds is 3.